The van der Waals surface area contributed by atoms with Gasteiger partial charge in [0.1, 0.15) is 17.5 Å². The summed E-state index contributed by atoms with van der Waals surface area (Å²) in [6.45, 7) is 5.02. The first kappa shape index (κ1) is 18.6. The molecule has 6 heteroatoms. The summed E-state index contributed by atoms with van der Waals surface area (Å²) in [4.78, 5) is 21.3. The predicted octanol–water partition coefficient (Wildman–Crippen LogP) is 3.30. The third-order valence-corrected chi connectivity index (χ3v) is 4.35. The summed E-state index contributed by atoms with van der Waals surface area (Å²) in [6, 6.07) is 15.7. The van der Waals surface area contributed by atoms with Crippen LogP contribution >= 0.6 is 0 Å². The summed E-state index contributed by atoms with van der Waals surface area (Å²) >= 11 is 0. The minimum Gasteiger partial charge on any atom is -0.368 e. The van der Waals surface area contributed by atoms with E-state index in [1.54, 1.807) is 0 Å². The zero-order valence-corrected chi connectivity index (χ0v) is 15.7. The van der Waals surface area contributed by atoms with Crippen molar-refractivity contribution in [2.45, 2.75) is 26.2 Å². The molecule has 3 aromatic rings. The molecule has 140 valence electrons. The van der Waals surface area contributed by atoms with Gasteiger partial charge in [0.2, 0.25) is 5.91 Å². The fraction of sp³-hybridized carbons (Fsp3) is 0.286. The van der Waals surface area contributed by atoms with Gasteiger partial charge in [-0.1, -0.05) is 37.3 Å². The van der Waals surface area contributed by atoms with E-state index < -0.39 is 0 Å². The van der Waals surface area contributed by atoms with Gasteiger partial charge in [-0.05, 0) is 31.0 Å². The lowest BCUT2D eigenvalue weighted by molar-refractivity contribution is -0.122. The number of hydrogen-bond acceptors (Lipinski definition) is 4. The second-order valence-electron chi connectivity index (χ2n) is 6.34. The van der Waals surface area contributed by atoms with E-state index in [1.165, 1.54) is 0 Å². The fourth-order valence-electron chi connectivity index (χ4n) is 3.02. The van der Waals surface area contributed by atoms with Crippen LogP contribution in [0.2, 0.25) is 0 Å². The van der Waals surface area contributed by atoms with Crippen molar-refractivity contribution in [2.75, 3.05) is 18.4 Å². The van der Waals surface area contributed by atoms with Crippen molar-refractivity contribution in [2.24, 2.45) is 0 Å². The number of carbonyl (C=O) groups is 1. The Balaban J connectivity index is 1.53. The first-order valence-electron chi connectivity index (χ1n) is 9.23. The molecule has 2 N–H and O–H groups in total. The molecule has 0 saturated carbocycles. The molecule has 2 aromatic heterocycles. The van der Waals surface area contributed by atoms with Crippen molar-refractivity contribution in [1.82, 2.24) is 19.9 Å². The molecule has 0 aliphatic heterocycles. The molecule has 0 saturated heterocycles. The van der Waals surface area contributed by atoms with Gasteiger partial charge in [0.15, 0.2) is 0 Å². The van der Waals surface area contributed by atoms with Gasteiger partial charge in [0.05, 0.1) is 5.92 Å². The van der Waals surface area contributed by atoms with Gasteiger partial charge >= 0.3 is 0 Å². The predicted molar refractivity (Wildman–Crippen MR) is 107 cm³/mol. The van der Waals surface area contributed by atoms with Gasteiger partial charge in [-0.15, -0.1) is 0 Å². The molecule has 1 unspecified atom stereocenters. The normalized spacial score (nSPS) is 11.8. The molecule has 6 nitrogen and oxygen atoms in total. The van der Waals surface area contributed by atoms with E-state index >= 15 is 0 Å². The molecule has 2 heterocycles. The average Bonchev–Trinajstić information content (AvgIpc) is 3.21. The third-order valence-electron chi connectivity index (χ3n) is 4.35. The second-order valence-corrected chi connectivity index (χ2v) is 6.34. The van der Waals surface area contributed by atoms with Gasteiger partial charge in [-0.3, -0.25) is 4.79 Å². The van der Waals surface area contributed by atoms with Crippen molar-refractivity contribution in [3.8, 4) is 5.82 Å². The first-order valence-corrected chi connectivity index (χ1v) is 9.23. The number of aryl methyl sites for hydroxylation is 1. The molecule has 0 fully saturated rings. The summed E-state index contributed by atoms with van der Waals surface area (Å²) in [6.07, 6.45) is 4.66. The molecule has 27 heavy (non-hydrogen) atoms. The molecule has 1 amide bonds. The Morgan fingerprint density at radius 3 is 2.52 bits per heavy atom. The second kappa shape index (κ2) is 8.98. The van der Waals surface area contributed by atoms with E-state index in [2.05, 4.69) is 20.6 Å². The van der Waals surface area contributed by atoms with Crippen molar-refractivity contribution >= 4 is 11.7 Å². The van der Waals surface area contributed by atoms with E-state index in [0.717, 1.165) is 23.6 Å². The van der Waals surface area contributed by atoms with Crippen LogP contribution in [0.15, 0.2) is 60.9 Å². The molecule has 3 rings (SSSR count). The van der Waals surface area contributed by atoms with Gasteiger partial charge < -0.3 is 15.2 Å². The van der Waals surface area contributed by atoms with Crippen molar-refractivity contribution in [3.63, 3.8) is 0 Å². The minimum atomic E-state index is -0.118. The zero-order chi connectivity index (χ0) is 19.1. The molecular formula is C21H25N5O. The highest BCUT2D eigenvalue weighted by Crippen LogP contribution is 2.19. The first-order chi connectivity index (χ1) is 13.2. The van der Waals surface area contributed by atoms with E-state index in [1.807, 2.05) is 79.3 Å². The maximum absolute atomic E-state index is 12.5. The van der Waals surface area contributed by atoms with Gasteiger partial charge in [-0.2, -0.15) is 0 Å². The lowest BCUT2D eigenvalue weighted by atomic mass is 9.96. The van der Waals surface area contributed by atoms with Crippen LogP contribution in [0, 0.1) is 6.92 Å². The number of hydrogen-bond donors (Lipinski definition) is 2. The SMILES string of the molecule is CCC(C(=O)NCCNc1cc(-n2cccc2)nc(C)n1)c1ccccc1. The zero-order valence-electron chi connectivity index (χ0n) is 15.7. The van der Waals surface area contributed by atoms with Crippen LogP contribution in [-0.4, -0.2) is 33.5 Å². The lowest BCUT2D eigenvalue weighted by Gasteiger charge is -2.16. The topological polar surface area (TPSA) is 71.8 Å². The number of amides is 1. The van der Waals surface area contributed by atoms with E-state index in [-0.39, 0.29) is 11.8 Å². The van der Waals surface area contributed by atoms with E-state index in [9.17, 15) is 4.79 Å². The standard InChI is InChI=1S/C21H25N5O/c1-3-18(17-9-5-4-6-10-17)21(27)23-12-11-22-19-15-20(25-16(2)24-19)26-13-7-8-14-26/h4-10,13-15,18H,3,11-12H2,1-2H3,(H,23,27)(H,22,24,25). The number of nitrogens with one attached hydrogen (secondary N) is 2. The van der Waals surface area contributed by atoms with Crippen LogP contribution in [0.1, 0.15) is 30.7 Å². The Morgan fingerprint density at radius 2 is 1.81 bits per heavy atom. The third kappa shape index (κ3) is 4.94. The monoisotopic (exact) mass is 363 g/mol. The quantitative estimate of drug-likeness (QED) is 0.603. The average molecular weight is 363 g/mol. The van der Waals surface area contributed by atoms with E-state index in [0.29, 0.717) is 18.9 Å². The van der Waals surface area contributed by atoms with Crippen LogP contribution < -0.4 is 10.6 Å². The summed E-state index contributed by atoms with van der Waals surface area (Å²) in [5.74, 6) is 2.19. The van der Waals surface area contributed by atoms with Crippen molar-refractivity contribution in [3.05, 3.63) is 72.3 Å². The molecular weight excluding hydrogens is 338 g/mol. The van der Waals surface area contributed by atoms with Gasteiger partial charge in [0, 0.05) is 31.5 Å². The Hall–Kier alpha value is -3.15. The summed E-state index contributed by atoms with van der Waals surface area (Å²) < 4.78 is 1.94. The summed E-state index contributed by atoms with van der Waals surface area (Å²) in [5.41, 5.74) is 1.05. The lowest BCUT2D eigenvalue weighted by Crippen LogP contribution is -2.33. The molecule has 0 aliphatic rings. The Morgan fingerprint density at radius 1 is 1.07 bits per heavy atom. The highest BCUT2D eigenvalue weighted by Gasteiger charge is 2.17. The summed E-state index contributed by atoms with van der Waals surface area (Å²) in [7, 11) is 0. The van der Waals surface area contributed by atoms with Crippen LogP contribution in [0.4, 0.5) is 5.82 Å². The maximum atomic E-state index is 12.5. The molecule has 1 atom stereocenters. The maximum Gasteiger partial charge on any atom is 0.227 e. The number of nitrogens with zero attached hydrogens (tertiary/aromatic N) is 3. The molecule has 0 spiro atoms. The van der Waals surface area contributed by atoms with Crippen LogP contribution in [0.5, 0.6) is 0 Å². The van der Waals surface area contributed by atoms with Gasteiger partial charge in [-0.25, -0.2) is 9.97 Å². The minimum absolute atomic E-state index is 0.0531. The largest absolute Gasteiger partial charge is 0.368 e. The van der Waals surface area contributed by atoms with Crippen LogP contribution in [-0.2, 0) is 4.79 Å². The Kier molecular flexibility index (Phi) is 6.20. The molecule has 0 aliphatic carbocycles. The Labute approximate surface area is 159 Å². The van der Waals surface area contributed by atoms with Crippen molar-refractivity contribution in [1.29, 1.82) is 0 Å². The summed E-state index contributed by atoms with van der Waals surface area (Å²) in [5, 5.41) is 6.27. The van der Waals surface area contributed by atoms with Gasteiger partial charge in [0.25, 0.3) is 0 Å². The van der Waals surface area contributed by atoms with E-state index in [4.69, 9.17) is 0 Å². The molecule has 1 aromatic carbocycles. The van der Waals surface area contributed by atoms with Crippen LogP contribution in [0.3, 0.4) is 0 Å². The number of benzene rings is 1. The fourth-order valence-corrected chi connectivity index (χ4v) is 3.02. The number of aromatic nitrogens is 3. The highest BCUT2D eigenvalue weighted by atomic mass is 16.1. The van der Waals surface area contributed by atoms with Crippen LogP contribution in [0.25, 0.3) is 5.82 Å². The Bertz CT molecular complexity index is 862. The number of rotatable bonds is 8. The molecule has 0 radical (unpaired) electrons. The molecule has 0 bridgehead atoms. The smallest absolute Gasteiger partial charge is 0.227 e. The number of anilines is 1. The number of carbonyl (C=O) groups excluding carboxylic acids is 1. The van der Waals surface area contributed by atoms with Crippen molar-refractivity contribution < 1.29 is 4.79 Å². The highest BCUT2D eigenvalue weighted by molar-refractivity contribution is 5.83.